The Labute approximate surface area is 214 Å². The summed E-state index contributed by atoms with van der Waals surface area (Å²) in [6.45, 7) is 0.924. The van der Waals surface area contributed by atoms with Crippen LogP contribution in [0.4, 0.5) is 5.69 Å². The molecule has 0 aliphatic heterocycles. The Balaban J connectivity index is 1.73. The minimum Gasteiger partial charge on any atom is -0.478 e. The molecule has 3 N–H and O–H groups in total. The number of anilines is 1. The number of carboxylic acid groups (broad SMARTS) is 1. The van der Waals surface area contributed by atoms with Crippen molar-refractivity contribution in [1.82, 2.24) is 9.73 Å². The number of sulfonamides is 1. The molecular weight excluding hydrogens is 496 g/mol. The molecule has 0 atom stereocenters. The van der Waals surface area contributed by atoms with Gasteiger partial charge in [0.05, 0.1) is 23.2 Å². The van der Waals surface area contributed by atoms with Gasteiger partial charge in [-0.25, -0.2) is 18.6 Å². The zero-order valence-corrected chi connectivity index (χ0v) is 20.8. The molecule has 0 unspecified atom stereocenters. The van der Waals surface area contributed by atoms with Crippen molar-refractivity contribution in [3.05, 3.63) is 95.6 Å². The minimum atomic E-state index is -4.05. The zero-order chi connectivity index (χ0) is 26.8. The molecule has 0 aliphatic carbocycles. The third-order valence-electron chi connectivity index (χ3n) is 5.19. The van der Waals surface area contributed by atoms with Crippen LogP contribution in [0.1, 0.15) is 28.4 Å². The quantitative estimate of drug-likeness (QED) is 0.261. The van der Waals surface area contributed by atoms with Crippen LogP contribution in [-0.2, 0) is 26.0 Å². The van der Waals surface area contributed by atoms with Crippen LogP contribution in [0.25, 0.3) is 0 Å². The predicted octanol–water partition coefficient (Wildman–Crippen LogP) is 2.73. The molecule has 0 aromatic heterocycles. The molecule has 37 heavy (non-hydrogen) atoms. The highest BCUT2D eigenvalue weighted by Crippen LogP contribution is 2.19. The van der Waals surface area contributed by atoms with Gasteiger partial charge in [0.1, 0.15) is 0 Å². The smallest absolute Gasteiger partial charge is 0.335 e. The number of benzene rings is 3. The van der Waals surface area contributed by atoms with Gasteiger partial charge in [0.15, 0.2) is 0 Å². The maximum absolute atomic E-state index is 13.4. The van der Waals surface area contributed by atoms with Crippen LogP contribution in [0.2, 0.25) is 0 Å². The van der Waals surface area contributed by atoms with Gasteiger partial charge in [0.2, 0.25) is 15.9 Å². The number of amides is 2. The lowest BCUT2D eigenvalue weighted by Gasteiger charge is -2.21. The number of aromatic carboxylic acids is 1. The van der Waals surface area contributed by atoms with Crippen LogP contribution in [0, 0.1) is 0 Å². The lowest BCUT2D eigenvalue weighted by molar-refractivity contribution is -0.121. The third kappa shape index (κ3) is 8.09. The molecule has 0 fully saturated rings. The van der Waals surface area contributed by atoms with Crippen molar-refractivity contribution >= 4 is 39.7 Å². The van der Waals surface area contributed by atoms with Gasteiger partial charge < -0.3 is 10.4 Å². The highest BCUT2D eigenvalue weighted by Gasteiger charge is 2.26. The van der Waals surface area contributed by atoms with Gasteiger partial charge in [-0.3, -0.25) is 9.59 Å². The monoisotopic (exact) mass is 522 g/mol. The Morgan fingerprint density at radius 2 is 1.59 bits per heavy atom. The number of nitrogens with one attached hydrogen (secondary N) is 2. The Morgan fingerprint density at radius 1 is 0.946 bits per heavy atom. The number of hydrazone groups is 1. The molecule has 0 spiro atoms. The summed E-state index contributed by atoms with van der Waals surface area (Å²) in [6.07, 6.45) is 1.71. The summed E-state index contributed by atoms with van der Waals surface area (Å²) < 4.78 is 27.8. The topological polar surface area (TPSA) is 145 Å². The van der Waals surface area contributed by atoms with Crippen molar-refractivity contribution in [1.29, 1.82) is 0 Å². The number of nitrogens with zero attached hydrogens (tertiary/aromatic N) is 2. The molecule has 10 nitrogen and oxygen atoms in total. The number of hydrogen-bond donors (Lipinski definition) is 3. The van der Waals surface area contributed by atoms with E-state index >= 15 is 0 Å². The number of rotatable bonds is 11. The molecule has 11 heteroatoms. The van der Waals surface area contributed by atoms with E-state index in [2.05, 4.69) is 15.8 Å². The number of carboxylic acids is 1. The van der Waals surface area contributed by atoms with Crippen molar-refractivity contribution in [3.63, 3.8) is 0 Å². The average molecular weight is 523 g/mol. The molecule has 0 heterocycles. The molecule has 3 rings (SSSR count). The maximum atomic E-state index is 13.4. The number of carbonyl (C=O) groups excluding carboxylic acids is 2. The molecule has 3 aromatic rings. The van der Waals surface area contributed by atoms with Crippen LogP contribution in [0.3, 0.4) is 0 Å². The fraction of sp³-hybridized carbons (Fsp3) is 0.154. The van der Waals surface area contributed by atoms with Crippen molar-refractivity contribution in [2.75, 3.05) is 18.4 Å². The summed E-state index contributed by atoms with van der Waals surface area (Å²) in [7, 11) is -4.05. The zero-order valence-electron chi connectivity index (χ0n) is 20.0. The SMILES string of the molecule is CC(=O)Nc1ccc(S(=O)(=O)N(CCc2ccccc2)CC(=O)N/N=C\c2ccc(C(=O)O)cc2)cc1. The van der Waals surface area contributed by atoms with Crippen LogP contribution >= 0.6 is 0 Å². The lowest BCUT2D eigenvalue weighted by atomic mass is 10.1. The maximum Gasteiger partial charge on any atom is 0.335 e. The van der Waals surface area contributed by atoms with E-state index < -0.39 is 28.4 Å². The first-order valence-electron chi connectivity index (χ1n) is 11.2. The van der Waals surface area contributed by atoms with Gasteiger partial charge in [0.25, 0.3) is 5.91 Å². The van der Waals surface area contributed by atoms with E-state index in [0.29, 0.717) is 17.7 Å². The van der Waals surface area contributed by atoms with Crippen molar-refractivity contribution in [2.24, 2.45) is 5.10 Å². The number of hydrogen-bond acceptors (Lipinski definition) is 6. The van der Waals surface area contributed by atoms with Crippen molar-refractivity contribution < 1.29 is 27.9 Å². The van der Waals surface area contributed by atoms with Crippen LogP contribution in [-0.4, -0.2) is 54.9 Å². The highest BCUT2D eigenvalue weighted by molar-refractivity contribution is 7.89. The molecule has 0 saturated carbocycles. The Kier molecular flexibility index (Phi) is 9.25. The summed E-state index contributed by atoms with van der Waals surface area (Å²) in [6, 6.07) is 20.8. The molecule has 0 saturated heterocycles. The Morgan fingerprint density at radius 3 is 2.19 bits per heavy atom. The average Bonchev–Trinajstić information content (AvgIpc) is 2.87. The first-order chi connectivity index (χ1) is 17.6. The molecule has 192 valence electrons. The second-order valence-electron chi connectivity index (χ2n) is 8.00. The Bertz CT molecular complexity index is 1370. The normalized spacial score (nSPS) is 11.4. The second-order valence-corrected chi connectivity index (χ2v) is 9.94. The summed E-state index contributed by atoms with van der Waals surface area (Å²) >= 11 is 0. The summed E-state index contributed by atoms with van der Waals surface area (Å²) in [5.74, 6) is -1.99. The van der Waals surface area contributed by atoms with E-state index in [0.717, 1.165) is 9.87 Å². The van der Waals surface area contributed by atoms with Gasteiger partial charge >= 0.3 is 5.97 Å². The van der Waals surface area contributed by atoms with E-state index in [9.17, 15) is 22.8 Å². The fourth-order valence-corrected chi connectivity index (χ4v) is 4.73. The molecule has 0 radical (unpaired) electrons. The third-order valence-corrected chi connectivity index (χ3v) is 7.05. The van der Waals surface area contributed by atoms with Gasteiger partial charge in [-0.15, -0.1) is 0 Å². The molecular formula is C26H26N4O6S. The summed E-state index contributed by atoms with van der Waals surface area (Å²) in [5, 5.41) is 15.4. The first kappa shape index (κ1) is 27.2. The van der Waals surface area contributed by atoms with E-state index in [1.807, 2.05) is 30.3 Å². The van der Waals surface area contributed by atoms with Crippen LogP contribution < -0.4 is 10.7 Å². The largest absolute Gasteiger partial charge is 0.478 e. The van der Waals surface area contributed by atoms with Gasteiger partial charge in [-0.2, -0.15) is 9.41 Å². The van der Waals surface area contributed by atoms with Crippen LogP contribution in [0.15, 0.2) is 88.9 Å². The summed E-state index contributed by atoms with van der Waals surface area (Å²) in [5.41, 5.74) is 4.34. The van der Waals surface area contributed by atoms with Crippen molar-refractivity contribution in [2.45, 2.75) is 18.2 Å². The summed E-state index contributed by atoms with van der Waals surface area (Å²) in [4.78, 5) is 34.8. The minimum absolute atomic E-state index is 0.0236. The van der Waals surface area contributed by atoms with Gasteiger partial charge in [-0.1, -0.05) is 42.5 Å². The van der Waals surface area contributed by atoms with Crippen molar-refractivity contribution in [3.8, 4) is 0 Å². The molecule has 0 aliphatic rings. The fourth-order valence-electron chi connectivity index (χ4n) is 3.33. The highest BCUT2D eigenvalue weighted by atomic mass is 32.2. The van der Waals surface area contributed by atoms with Crippen LogP contribution in [0.5, 0.6) is 0 Å². The van der Waals surface area contributed by atoms with E-state index in [4.69, 9.17) is 5.11 Å². The predicted molar refractivity (Wildman–Crippen MR) is 139 cm³/mol. The second kappa shape index (κ2) is 12.6. The molecule has 3 aromatic carbocycles. The lowest BCUT2D eigenvalue weighted by Crippen LogP contribution is -2.40. The number of carbonyl (C=O) groups is 3. The molecule has 2 amide bonds. The Hall–Kier alpha value is -4.35. The van der Waals surface area contributed by atoms with E-state index in [1.54, 1.807) is 0 Å². The van der Waals surface area contributed by atoms with Gasteiger partial charge in [0, 0.05) is 19.2 Å². The first-order valence-corrected chi connectivity index (χ1v) is 12.7. The molecule has 0 bridgehead atoms. The van der Waals surface area contributed by atoms with E-state index in [1.165, 1.54) is 61.7 Å². The standard InChI is InChI=1S/C26H26N4O6S/c1-19(31)28-23-11-13-24(14-12-23)37(35,36)30(16-15-20-5-3-2-4-6-20)18-25(32)29-27-17-21-7-9-22(10-8-21)26(33)34/h2-14,17H,15-16,18H2,1H3,(H,28,31)(H,29,32)(H,33,34)/b27-17-. The van der Waals surface area contributed by atoms with E-state index in [-0.39, 0.29) is 22.9 Å². The van der Waals surface area contributed by atoms with Gasteiger partial charge in [-0.05, 0) is 53.9 Å².